The van der Waals surface area contributed by atoms with Crippen molar-refractivity contribution in [3.8, 4) is 5.75 Å². The molecule has 0 aliphatic carbocycles. The average Bonchev–Trinajstić information content (AvgIpc) is 3.09. The van der Waals surface area contributed by atoms with Crippen LogP contribution in [0.5, 0.6) is 5.75 Å². The monoisotopic (exact) mass is 428 g/mol. The summed E-state index contributed by atoms with van der Waals surface area (Å²) in [6.07, 6.45) is 2.59. The smallest absolute Gasteiger partial charge is 0.124 e. The molecular weight excluding hydrogens is 409 g/mol. The van der Waals surface area contributed by atoms with E-state index in [0.29, 0.717) is 12.7 Å². The van der Waals surface area contributed by atoms with Gasteiger partial charge in [-0.25, -0.2) is 4.39 Å². The molecule has 1 aliphatic heterocycles. The Morgan fingerprint density at radius 2 is 2.00 bits per heavy atom. The summed E-state index contributed by atoms with van der Waals surface area (Å²) in [4.78, 5) is 0. The minimum atomic E-state index is -0.235. The van der Waals surface area contributed by atoms with Crippen LogP contribution in [0.3, 0.4) is 0 Å². The van der Waals surface area contributed by atoms with Crippen molar-refractivity contribution < 1.29 is 26.3 Å². The Hall–Kier alpha value is -1.14. The number of halogens is 3. The van der Waals surface area contributed by atoms with Crippen LogP contribution in [0.2, 0.25) is 0 Å². The van der Waals surface area contributed by atoms with Crippen molar-refractivity contribution >= 4 is 15.9 Å². The van der Waals surface area contributed by atoms with Crippen LogP contribution in [-0.4, -0.2) is 19.3 Å². The highest BCUT2D eigenvalue weighted by Crippen LogP contribution is 2.24. The number of hydrogen-bond donors (Lipinski definition) is 1. The Labute approximate surface area is 162 Å². The zero-order valence-electron chi connectivity index (χ0n) is 13.8. The first-order valence-electron chi connectivity index (χ1n) is 8.19. The summed E-state index contributed by atoms with van der Waals surface area (Å²) in [6, 6.07) is 12.4. The molecule has 1 N–H and O–H groups in total. The Morgan fingerprint density at radius 3 is 2.72 bits per heavy atom. The number of nitrogens with one attached hydrogen (secondary N) is 1. The fraction of sp³-hybridized carbons (Fsp3) is 0.368. The van der Waals surface area contributed by atoms with Gasteiger partial charge in [0.05, 0.1) is 6.10 Å². The molecule has 25 heavy (non-hydrogen) atoms. The Balaban J connectivity index is 0.00000225. The van der Waals surface area contributed by atoms with E-state index in [9.17, 15) is 4.39 Å². The summed E-state index contributed by atoms with van der Waals surface area (Å²) in [5.41, 5.74) is 2.03. The first kappa shape index (κ1) is 20.2. The summed E-state index contributed by atoms with van der Waals surface area (Å²) in [5.74, 6) is 0.601. The van der Waals surface area contributed by atoms with Gasteiger partial charge in [0, 0.05) is 29.7 Å². The molecule has 2 aromatic rings. The molecule has 0 aromatic heterocycles. The topological polar surface area (TPSA) is 30.5 Å². The lowest BCUT2D eigenvalue weighted by molar-refractivity contribution is -0.00000698. The fourth-order valence-electron chi connectivity index (χ4n) is 2.74. The highest BCUT2D eigenvalue weighted by molar-refractivity contribution is 9.10. The molecule has 0 spiro atoms. The summed E-state index contributed by atoms with van der Waals surface area (Å²) in [7, 11) is 0. The maximum absolute atomic E-state index is 13.0. The molecule has 3 nitrogen and oxygen atoms in total. The van der Waals surface area contributed by atoms with Gasteiger partial charge in [-0.3, -0.25) is 0 Å². The van der Waals surface area contributed by atoms with Crippen molar-refractivity contribution in [2.75, 3.05) is 13.2 Å². The summed E-state index contributed by atoms with van der Waals surface area (Å²) >= 11 is 3.51. The second-order valence-corrected chi connectivity index (χ2v) is 6.85. The van der Waals surface area contributed by atoms with E-state index >= 15 is 0 Å². The predicted octanol–water partition coefficient (Wildman–Crippen LogP) is 1.44. The van der Waals surface area contributed by atoms with Gasteiger partial charge in [0.15, 0.2) is 0 Å². The standard InChI is InChI=1S/C19H21BrFNO2.ClH/c20-16-5-8-19(24-13-14-3-6-17(21)7-4-14)15(10-16)11-22-12-18-2-1-9-23-18;/h3-8,10,18,22H,1-2,9,11-13H2;1H/p-1. The van der Waals surface area contributed by atoms with E-state index in [4.69, 9.17) is 9.47 Å². The average molecular weight is 430 g/mol. The Morgan fingerprint density at radius 1 is 1.20 bits per heavy atom. The van der Waals surface area contributed by atoms with E-state index in [1.807, 2.05) is 12.1 Å². The molecule has 1 saturated heterocycles. The molecule has 1 fully saturated rings. The predicted molar refractivity (Wildman–Crippen MR) is 95.6 cm³/mol. The Bertz CT molecular complexity index is 663. The first-order chi connectivity index (χ1) is 11.7. The minimum Gasteiger partial charge on any atom is -1.00 e. The summed E-state index contributed by atoms with van der Waals surface area (Å²) in [6.45, 7) is 2.86. The molecule has 1 aliphatic rings. The van der Waals surface area contributed by atoms with Crippen molar-refractivity contribution in [3.05, 3.63) is 63.9 Å². The zero-order valence-corrected chi connectivity index (χ0v) is 16.2. The van der Waals surface area contributed by atoms with E-state index in [0.717, 1.165) is 53.9 Å². The van der Waals surface area contributed by atoms with Crippen molar-refractivity contribution in [1.29, 1.82) is 0 Å². The van der Waals surface area contributed by atoms with E-state index in [-0.39, 0.29) is 18.2 Å². The van der Waals surface area contributed by atoms with E-state index in [1.165, 1.54) is 12.1 Å². The van der Waals surface area contributed by atoms with Crippen LogP contribution >= 0.6 is 15.9 Å². The zero-order chi connectivity index (χ0) is 16.8. The quantitative estimate of drug-likeness (QED) is 0.722. The lowest BCUT2D eigenvalue weighted by Gasteiger charge is -2.15. The maximum Gasteiger partial charge on any atom is 0.124 e. The highest BCUT2D eigenvalue weighted by Gasteiger charge is 2.15. The van der Waals surface area contributed by atoms with Crippen molar-refractivity contribution in [2.24, 2.45) is 0 Å². The van der Waals surface area contributed by atoms with Crippen molar-refractivity contribution in [1.82, 2.24) is 5.32 Å². The third-order valence-corrected chi connectivity index (χ3v) is 4.53. The molecular formula is C19H21BrClFNO2-. The second kappa shape index (κ2) is 10.1. The summed E-state index contributed by atoms with van der Waals surface area (Å²) in [5, 5.41) is 3.44. The van der Waals surface area contributed by atoms with Gasteiger partial charge in [0.25, 0.3) is 0 Å². The van der Waals surface area contributed by atoms with Crippen LogP contribution in [0, 0.1) is 5.82 Å². The van der Waals surface area contributed by atoms with Gasteiger partial charge in [0.1, 0.15) is 18.2 Å². The normalized spacial score (nSPS) is 16.5. The van der Waals surface area contributed by atoms with Crippen molar-refractivity contribution in [2.45, 2.75) is 32.1 Å². The van der Waals surface area contributed by atoms with E-state index in [1.54, 1.807) is 12.1 Å². The van der Waals surface area contributed by atoms with Gasteiger partial charge in [-0.2, -0.15) is 0 Å². The molecule has 1 heterocycles. The van der Waals surface area contributed by atoms with Crippen LogP contribution in [-0.2, 0) is 17.9 Å². The van der Waals surface area contributed by atoms with Crippen molar-refractivity contribution in [3.63, 3.8) is 0 Å². The molecule has 0 bridgehead atoms. The van der Waals surface area contributed by atoms with Gasteiger partial charge < -0.3 is 27.2 Å². The van der Waals surface area contributed by atoms with Gasteiger partial charge in [-0.15, -0.1) is 0 Å². The third-order valence-electron chi connectivity index (χ3n) is 4.04. The number of benzene rings is 2. The highest BCUT2D eigenvalue weighted by atomic mass is 79.9. The molecule has 136 valence electrons. The van der Waals surface area contributed by atoms with Gasteiger partial charge in [0.2, 0.25) is 0 Å². The number of ether oxygens (including phenoxy) is 2. The van der Waals surface area contributed by atoms with Crippen LogP contribution < -0.4 is 22.5 Å². The summed E-state index contributed by atoms with van der Waals surface area (Å²) < 4.78 is 25.5. The van der Waals surface area contributed by atoms with Crippen LogP contribution in [0.4, 0.5) is 4.39 Å². The van der Waals surface area contributed by atoms with Gasteiger partial charge >= 0.3 is 0 Å². The molecule has 2 aromatic carbocycles. The number of hydrogen-bond acceptors (Lipinski definition) is 3. The maximum atomic E-state index is 13.0. The molecule has 0 amide bonds. The van der Waals surface area contributed by atoms with E-state index in [2.05, 4.69) is 27.3 Å². The molecule has 6 heteroatoms. The fourth-order valence-corrected chi connectivity index (χ4v) is 3.15. The van der Waals surface area contributed by atoms with Gasteiger partial charge in [-0.1, -0.05) is 28.1 Å². The number of rotatable bonds is 7. The molecule has 3 rings (SSSR count). The molecule has 0 saturated carbocycles. The molecule has 0 radical (unpaired) electrons. The van der Waals surface area contributed by atoms with Crippen LogP contribution in [0.1, 0.15) is 24.0 Å². The first-order valence-corrected chi connectivity index (χ1v) is 8.98. The lowest BCUT2D eigenvalue weighted by atomic mass is 10.2. The molecule has 1 unspecified atom stereocenters. The molecule has 1 atom stereocenters. The lowest BCUT2D eigenvalue weighted by Crippen LogP contribution is -3.00. The third kappa shape index (κ3) is 6.26. The second-order valence-electron chi connectivity index (χ2n) is 5.93. The van der Waals surface area contributed by atoms with Crippen LogP contribution in [0.25, 0.3) is 0 Å². The van der Waals surface area contributed by atoms with Gasteiger partial charge in [-0.05, 0) is 48.7 Å². The SMILES string of the molecule is Fc1ccc(COc2ccc(Br)cc2CNCC2CCCO2)cc1.[Cl-]. The minimum absolute atomic E-state index is 0. The van der Waals surface area contributed by atoms with E-state index < -0.39 is 0 Å². The Kier molecular flexibility index (Phi) is 8.16. The largest absolute Gasteiger partial charge is 1.00 e. The van der Waals surface area contributed by atoms with Crippen LogP contribution in [0.15, 0.2) is 46.9 Å².